The molecular formula is C23H32N6O3S. The van der Waals surface area contributed by atoms with E-state index in [1.807, 2.05) is 20.9 Å². The summed E-state index contributed by atoms with van der Waals surface area (Å²) in [7, 11) is -1.89. The van der Waals surface area contributed by atoms with Crippen molar-refractivity contribution in [1.29, 1.82) is 0 Å². The number of Topliss-reactive ketones (excluding diaryl/α,β-unsaturated/α-hetero) is 1. The van der Waals surface area contributed by atoms with Gasteiger partial charge in [-0.2, -0.15) is 9.42 Å². The highest BCUT2D eigenvalue weighted by atomic mass is 32.2. The number of carbonyl (C=O) groups is 1. The molecular weight excluding hydrogens is 440 g/mol. The third-order valence-corrected chi connectivity index (χ3v) is 9.24. The van der Waals surface area contributed by atoms with Crippen LogP contribution in [-0.2, 0) is 21.9 Å². The number of azo groups is 1. The first kappa shape index (κ1) is 22.5. The summed E-state index contributed by atoms with van der Waals surface area (Å²) in [4.78, 5) is 17.8. The highest BCUT2D eigenvalue weighted by Gasteiger charge is 2.53. The number of imidazole rings is 1. The van der Waals surface area contributed by atoms with E-state index in [-0.39, 0.29) is 22.1 Å². The minimum Gasteiger partial charge on any atom is -0.342 e. The quantitative estimate of drug-likeness (QED) is 0.726. The van der Waals surface area contributed by atoms with Crippen molar-refractivity contribution in [3.8, 4) is 0 Å². The average molecular weight is 473 g/mol. The highest BCUT2D eigenvalue weighted by Crippen LogP contribution is 2.55. The summed E-state index contributed by atoms with van der Waals surface area (Å²) in [5.74, 6) is 1.79. The Balaban J connectivity index is 1.47. The van der Waals surface area contributed by atoms with Gasteiger partial charge in [0.15, 0.2) is 16.6 Å². The first-order valence-electron chi connectivity index (χ1n) is 11.6. The number of hydrogen-bond acceptors (Lipinski definition) is 7. The van der Waals surface area contributed by atoms with Gasteiger partial charge in [-0.1, -0.05) is 27.7 Å². The molecule has 10 heteroatoms. The zero-order chi connectivity index (χ0) is 23.8. The SMILES string of the molecule is CC(C)c1nc(S(=O)(=O)N2CCC3(CC2)C2=C(N=NC2)NC2=C3C(=O)CC(C)(C)C2)cn1C. The van der Waals surface area contributed by atoms with Gasteiger partial charge in [0.05, 0.1) is 6.54 Å². The summed E-state index contributed by atoms with van der Waals surface area (Å²) >= 11 is 0. The Morgan fingerprint density at radius 2 is 1.85 bits per heavy atom. The third kappa shape index (κ3) is 3.41. The van der Waals surface area contributed by atoms with Gasteiger partial charge < -0.3 is 9.88 Å². The number of aryl methyl sites for hydroxylation is 1. The van der Waals surface area contributed by atoms with Gasteiger partial charge in [-0.15, -0.1) is 5.11 Å². The smallest absolute Gasteiger partial charge is 0.262 e. The molecule has 0 bridgehead atoms. The second-order valence-corrected chi connectivity index (χ2v) is 12.7. The number of nitrogens with one attached hydrogen (secondary N) is 1. The molecule has 0 unspecified atom stereocenters. The maximum absolute atomic E-state index is 13.4. The van der Waals surface area contributed by atoms with Crippen LogP contribution >= 0.6 is 0 Å². The summed E-state index contributed by atoms with van der Waals surface area (Å²) in [5.41, 5.74) is 2.20. The van der Waals surface area contributed by atoms with Crippen molar-refractivity contribution in [2.45, 2.75) is 64.3 Å². The molecule has 0 saturated carbocycles. The predicted molar refractivity (Wildman–Crippen MR) is 123 cm³/mol. The van der Waals surface area contributed by atoms with Gasteiger partial charge in [-0.3, -0.25) is 4.79 Å². The molecule has 178 valence electrons. The van der Waals surface area contributed by atoms with Gasteiger partial charge in [0.25, 0.3) is 10.0 Å². The van der Waals surface area contributed by atoms with Gasteiger partial charge in [-0.25, -0.2) is 13.4 Å². The van der Waals surface area contributed by atoms with E-state index in [0.29, 0.717) is 38.9 Å². The minimum absolute atomic E-state index is 0.0936. The standard InChI is InChI=1S/C23H32N6O3S/c1-14(2)21-26-18(13-28(21)5)33(31,32)29-8-6-23(7-9-29)15-12-24-27-20(15)25-16-10-22(3,4)11-17(30)19(16)23/h13-14,25H,6-12H2,1-5H3. The lowest BCUT2D eigenvalue weighted by Gasteiger charge is -2.48. The number of dihydropyridines is 1. The highest BCUT2D eigenvalue weighted by molar-refractivity contribution is 7.89. The third-order valence-electron chi connectivity index (χ3n) is 7.47. The van der Waals surface area contributed by atoms with Crippen LogP contribution in [0.5, 0.6) is 0 Å². The Kier molecular flexibility index (Phi) is 4.99. The van der Waals surface area contributed by atoms with Crippen LogP contribution in [-0.4, -0.2) is 47.7 Å². The molecule has 4 heterocycles. The van der Waals surface area contributed by atoms with Gasteiger partial charge >= 0.3 is 0 Å². The van der Waals surface area contributed by atoms with Crippen LogP contribution in [0.2, 0.25) is 0 Å². The summed E-state index contributed by atoms with van der Waals surface area (Å²) in [5, 5.41) is 12.1. The predicted octanol–water partition coefficient (Wildman–Crippen LogP) is 3.24. The number of allylic oxidation sites excluding steroid dienone is 2. The van der Waals surface area contributed by atoms with E-state index in [9.17, 15) is 13.2 Å². The molecule has 1 aliphatic carbocycles. The second-order valence-electron chi connectivity index (χ2n) is 10.8. The number of sulfonamides is 1. The molecule has 1 N–H and O–H groups in total. The molecule has 5 rings (SSSR count). The molecule has 9 nitrogen and oxygen atoms in total. The molecule has 3 aliphatic heterocycles. The zero-order valence-electron chi connectivity index (χ0n) is 20.0. The van der Waals surface area contributed by atoms with Crippen LogP contribution in [0.1, 0.15) is 65.1 Å². The molecule has 0 radical (unpaired) electrons. The zero-order valence-corrected chi connectivity index (χ0v) is 20.8. The van der Waals surface area contributed by atoms with E-state index >= 15 is 0 Å². The molecule has 1 aromatic rings. The molecule has 1 saturated heterocycles. The Morgan fingerprint density at radius 1 is 1.15 bits per heavy atom. The van der Waals surface area contributed by atoms with Crippen LogP contribution in [0, 0.1) is 10.8 Å². The number of piperidine rings is 1. The number of ketones is 1. The number of carbonyl (C=O) groups excluding carboxylic acids is 1. The van der Waals surface area contributed by atoms with Crippen LogP contribution in [0.25, 0.3) is 0 Å². The summed E-state index contributed by atoms with van der Waals surface area (Å²) in [6.07, 6.45) is 3.97. The van der Waals surface area contributed by atoms with E-state index in [1.54, 1.807) is 10.8 Å². The maximum Gasteiger partial charge on any atom is 0.262 e. The summed E-state index contributed by atoms with van der Waals surface area (Å²) in [6, 6.07) is 0. The lowest BCUT2D eigenvalue weighted by atomic mass is 9.60. The molecule has 0 atom stereocenters. The minimum atomic E-state index is -3.71. The van der Waals surface area contributed by atoms with Crippen molar-refractivity contribution < 1.29 is 13.2 Å². The number of rotatable bonds is 3. The van der Waals surface area contributed by atoms with Crippen molar-refractivity contribution in [3.63, 3.8) is 0 Å². The first-order chi connectivity index (χ1) is 15.4. The monoisotopic (exact) mass is 472 g/mol. The number of aromatic nitrogens is 2. The number of fused-ring (bicyclic) bond motifs is 2. The van der Waals surface area contributed by atoms with Crippen LogP contribution in [0.4, 0.5) is 0 Å². The van der Waals surface area contributed by atoms with Gasteiger partial charge in [-0.05, 0) is 24.7 Å². The van der Waals surface area contributed by atoms with Crippen molar-refractivity contribution in [1.82, 2.24) is 19.2 Å². The number of hydrogen-bond donors (Lipinski definition) is 1. The Labute approximate surface area is 195 Å². The lowest BCUT2D eigenvalue weighted by molar-refractivity contribution is -0.119. The van der Waals surface area contributed by atoms with Gasteiger partial charge in [0, 0.05) is 60.9 Å². The van der Waals surface area contributed by atoms with E-state index in [1.165, 1.54) is 4.31 Å². The van der Waals surface area contributed by atoms with Crippen LogP contribution in [0.15, 0.2) is 44.1 Å². The molecule has 33 heavy (non-hydrogen) atoms. The Hall–Kier alpha value is -2.33. The fraction of sp³-hybridized carbons (Fsp3) is 0.652. The fourth-order valence-corrected chi connectivity index (χ4v) is 7.40. The van der Waals surface area contributed by atoms with E-state index in [0.717, 1.165) is 34.9 Å². The largest absolute Gasteiger partial charge is 0.342 e. The van der Waals surface area contributed by atoms with Crippen LogP contribution in [0.3, 0.4) is 0 Å². The van der Waals surface area contributed by atoms with Crippen molar-refractivity contribution in [2.24, 2.45) is 28.1 Å². The normalized spacial score (nSPS) is 24.5. The summed E-state index contributed by atoms with van der Waals surface area (Å²) < 4.78 is 30.1. The Morgan fingerprint density at radius 3 is 2.48 bits per heavy atom. The van der Waals surface area contributed by atoms with Crippen LogP contribution < -0.4 is 5.32 Å². The molecule has 1 fully saturated rings. The average Bonchev–Trinajstić information content (AvgIpc) is 3.34. The topological polar surface area (TPSA) is 109 Å². The molecule has 0 aromatic carbocycles. The van der Waals surface area contributed by atoms with Gasteiger partial charge in [0.1, 0.15) is 5.82 Å². The van der Waals surface area contributed by atoms with Crippen molar-refractivity contribution in [3.05, 3.63) is 34.7 Å². The maximum atomic E-state index is 13.4. The van der Waals surface area contributed by atoms with Crippen molar-refractivity contribution >= 4 is 15.8 Å². The molecule has 4 aliphatic rings. The van der Waals surface area contributed by atoms with E-state index in [2.05, 4.69) is 34.4 Å². The molecule has 1 aromatic heterocycles. The molecule has 1 spiro atoms. The second kappa shape index (κ2) is 7.33. The number of nitrogens with zero attached hydrogens (tertiary/aromatic N) is 5. The molecule has 0 amide bonds. The Bertz CT molecular complexity index is 1230. The summed E-state index contributed by atoms with van der Waals surface area (Å²) in [6.45, 7) is 9.34. The van der Waals surface area contributed by atoms with Gasteiger partial charge in [0.2, 0.25) is 0 Å². The first-order valence-corrected chi connectivity index (χ1v) is 13.1. The lowest BCUT2D eigenvalue weighted by Crippen LogP contribution is -2.50. The van der Waals surface area contributed by atoms with Crippen molar-refractivity contribution in [2.75, 3.05) is 19.6 Å². The fourth-order valence-electron chi connectivity index (χ4n) is 5.97. The van der Waals surface area contributed by atoms with E-state index in [4.69, 9.17) is 0 Å². The van der Waals surface area contributed by atoms with E-state index < -0.39 is 15.4 Å².